The molecule has 0 bridgehead atoms. The lowest BCUT2D eigenvalue weighted by atomic mass is 10.5. The first-order chi connectivity index (χ1) is 14.6. The predicted molar refractivity (Wildman–Crippen MR) is 222 cm³/mol. The fourth-order valence-electron chi connectivity index (χ4n) is 3.29. The van der Waals surface area contributed by atoms with Gasteiger partial charge in [-0.1, -0.05) is 26.7 Å². The van der Waals surface area contributed by atoms with Crippen LogP contribution in [0.25, 0.3) is 0 Å². The van der Waals surface area contributed by atoms with Crippen LogP contribution in [0.15, 0.2) is 0 Å². The molecule has 0 radical (unpaired) electrons. The molecule has 0 spiro atoms. The van der Waals surface area contributed by atoms with Crippen LogP contribution in [0.4, 0.5) is 0 Å². The Hall–Kier alpha value is 2.99. The highest BCUT2D eigenvalue weighted by atomic mass is 32.1. The van der Waals surface area contributed by atoms with Gasteiger partial charge in [0.2, 0.25) is 0 Å². The molecule has 0 heterocycles. The zero-order valence-corrected chi connectivity index (χ0v) is 37.7. The summed E-state index contributed by atoms with van der Waals surface area (Å²) >= 11 is 0. The van der Waals surface area contributed by atoms with Gasteiger partial charge in [-0.15, -0.1) is 0 Å². The molecule has 0 saturated carbocycles. The molecule has 0 atom stereocenters. The summed E-state index contributed by atoms with van der Waals surface area (Å²) in [6.07, 6.45) is 2.95. The SMILES string of the molecule is CCC[Si](OC(C)C)(OC(C)C)OC(C)C.CCC[Si](OC(C)C)(OC(C)C)OC(C)C.S.S.S.S.S.S.S.S. The van der Waals surface area contributed by atoms with E-state index in [2.05, 4.69) is 13.8 Å². The van der Waals surface area contributed by atoms with E-state index in [-0.39, 0.29) is 145 Å². The minimum atomic E-state index is -2.48. The van der Waals surface area contributed by atoms with Crippen molar-refractivity contribution in [3.63, 3.8) is 0 Å². The topological polar surface area (TPSA) is 55.4 Å². The molecule has 0 aromatic heterocycles. The third kappa shape index (κ3) is 39.0. The summed E-state index contributed by atoms with van der Waals surface area (Å²) in [6.45, 7) is 28.7. The number of hydrogen-bond acceptors (Lipinski definition) is 6. The molecule has 0 N–H and O–H groups in total. The van der Waals surface area contributed by atoms with E-state index in [0.29, 0.717) is 0 Å². The second kappa shape index (κ2) is 38.2. The van der Waals surface area contributed by atoms with Gasteiger partial charge in [-0.25, -0.2) is 0 Å². The van der Waals surface area contributed by atoms with Crippen LogP contribution in [0.5, 0.6) is 0 Å². The molecule has 0 fully saturated rings. The van der Waals surface area contributed by atoms with Crippen LogP contribution in [-0.4, -0.2) is 54.2 Å². The Morgan fingerprint density at radius 2 is 0.450 bits per heavy atom. The highest BCUT2D eigenvalue weighted by Gasteiger charge is 2.44. The number of hydrogen-bond donors (Lipinski definition) is 0. The van der Waals surface area contributed by atoms with Crippen LogP contribution in [0.3, 0.4) is 0 Å². The summed E-state index contributed by atoms with van der Waals surface area (Å²) in [7, 11) is -4.97. The van der Waals surface area contributed by atoms with Crippen molar-refractivity contribution in [2.45, 2.75) is 158 Å². The van der Waals surface area contributed by atoms with E-state index >= 15 is 0 Å². The highest BCUT2D eigenvalue weighted by Crippen LogP contribution is 2.24. The van der Waals surface area contributed by atoms with E-state index in [1.165, 1.54) is 0 Å². The smallest absolute Gasteiger partial charge is 0.371 e. The molecule has 0 aromatic rings. The Balaban J connectivity index is -0.0000000469. The highest BCUT2D eigenvalue weighted by molar-refractivity contribution is 7.60. The zero-order valence-electron chi connectivity index (χ0n) is 27.7. The minimum Gasteiger partial charge on any atom is -0.371 e. The normalized spacial score (nSPS) is 10.5. The van der Waals surface area contributed by atoms with Crippen LogP contribution in [-0.2, 0) is 26.6 Å². The van der Waals surface area contributed by atoms with Crippen molar-refractivity contribution < 1.29 is 26.6 Å². The van der Waals surface area contributed by atoms with E-state index < -0.39 is 17.6 Å². The molecule has 6 nitrogen and oxygen atoms in total. The summed E-state index contributed by atoms with van der Waals surface area (Å²) in [5.74, 6) is 0. The fraction of sp³-hybridized carbons (Fsp3) is 1.00. The van der Waals surface area contributed by atoms with Crippen LogP contribution in [0.2, 0.25) is 12.1 Å². The van der Waals surface area contributed by atoms with Crippen molar-refractivity contribution in [1.29, 1.82) is 0 Å². The van der Waals surface area contributed by atoms with Crippen molar-refractivity contribution in [2.24, 2.45) is 0 Å². The largest absolute Gasteiger partial charge is 0.501 e. The summed E-state index contributed by atoms with van der Waals surface area (Å²) in [5, 5.41) is 0. The summed E-state index contributed by atoms with van der Waals surface area (Å²) < 4.78 is 36.0. The first-order valence-corrected chi connectivity index (χ1v) is 16.6. The monoisotopic (exact) mass is 768 g/mol. The van der Waals surface area contributed by atoms with E-state index in [4.69, 9.17) is 26.6 Å². The molecule has 0 amide bonds. The molecule has 40 heavy (non-hydrogen) atoms. The van der Waals surface area contributed by atoms with Gasteiger partial charge in [0, 0.05) is 48.7 Å². The lowest BCUT2D eigenvalue weighted by Gasteiger charge is -2.34. The van der Waals surface area contributed by atoms with E-state index in [1.54, 1.807) is 0 Å². The zero-order chi connectivity index (χ0) is 25.5. The quantitative estimate of drug-likeness (QED) is 0.148. The van der Waals surface area contributed by atoms with Gasteiger partial charge in [-0.2, -0.15) is 108 Å². The van der Waals surface area contributed by atoms with Gasteiger partial charge in [0.25, 0.3) is 0 Å². The minimum absolute atomic E-state index is 0. The molecule has 16 heteroatoms. The molecular formula is C24H72O6S8Si2. The second-order valence-corrected chi connectivity index (χ2v) is 15.0. The Kier molecular flexibility index (Phi) is 66.5. The lowest BCUT2D eigenvalue weighted by Crippen LogP contribution is -2.50. The van der Waals surface area contributed by atoms with Crippen LogP contribution in [0, 0.1) is 0 Å². The van der Waals surface area contributed by atoms with Crippen LogP contribution >= 0.6 is 108 Å². The number of rotatable bonds is 16. The molecule has 260 valence electrons. The Morgan fingerprint density at radius 3 is 0.525 bits per heavy atom. The maximum atomic E-state index is 5.99. The van der Waals surface area contributed by atoms with Gasteiger partial charge in [0.1, 0.15) is 0 Å². The van der Waals surface area contributed by atoms with Gasteiger partial charge in [0.15, 0.2) is 0 Å². The second-order valence-electron chi connectivity index (χ2n) is 9.87. The molecule has 0 saturated heterocycles. The first kappa shape index (κ1) is 69.6. The van der Waals surface area contributed by atoms with Crippen molar-refractivity contribution in [1.82, 2.24) is 0 Å². The maximum absolute atomic E-state index is 5.99. The molecule has 0 rings (SSSR count). The Morgan fingerprint density at radius 1 is 0.325 bits per heavy atom. The summed E-state index contributed by atoms with van der Waals surface area (Å²) in [4.78, 5) is 0. The van der Waals surface area contributed by atoms with Gasteiger partial charge in [0.05, 0.1) is 0 Å². The maximum Gasteiger partial charge on any atom is 0.501 e. The van der Waals surface area contributed by atoms with Gasteiger partial charge >= 0.3 is 17.6 Å². The van der Waals surface area contributed by atoms with Crippen LogP contribution in [0.1, 0.15) is 110 Å². The van der Waals surface area contributed by atoms with E-state index in [9.17, 15) is 0 Å². The molecule has 0 aliphatic heterocycles. The molecule has 0 aromatic carbocycles. The predicted octanol–water partition coefficient (Wildman–Crippen LogP) is 8.12. The Labute approximate surface area is 308 Å². The third-order valence-electron chi connectivity index (χ3n) is 3.60. The van der Waals surface area contributed by atoms with Crippen molar-refractivity contribution >= 4 is 126 Å². The van der Waals surface area contributed by atoms with Crippen molar-refractivity contribution in [3.05, 3.63) is 0 Å². The lowest BCUT2D eigenvalue weighted by molar-refractivity contribution is 0.00195. The summed E-state index contributed by atoms with van der Waals surface area (Å²) in [5.41, 5.74) is 0. The van der Waals surface area contributed by atoms with Crippen LogP contribution < -0.4 is 0 Å². The van der Waals surface area contributed by atoms with Gasteiger partial charge < -0.3 is 26.6 Å². The van der Waals surface area contributed by atoms with Gasteiger partial charge in [-0.3, -0.25) is 0 Å². The third-order valence-corrected chi connectivity index (χ3v) is 10.8. The van der Waals surface area contributed by atoms with E-state index in [1.807, 2.05) is 83.1 Å². The fourth-order valence-corrected chi connectivity index (χ4v) is 9.86. The molecular weight excluding hydrogens is 697 g/mol. The summed E-state index contributed by atoms with van der Waals surface area (Å²) in [6, 6.07) is 1.78. The van der Waals surface area contributed by atoms with Crippen molar-refractivity contribution in [3.8, 4) is 0 Å². The standard InChI is InChI=1S/2C12H28O3Si.8H2S/c2*1-8-9-16(13-10(2)3,14-11(4)5)15-12(6)7;;;;;;;;/h2*10-12H,8-9H2,1-7H3;8*1H2. The average molecular weight is 770 g/mol. The van der Waals surface area contributed by atoms with Crippen molar-refractivity contribution in [2.75, 3.05) is 0 Å². The molecule has 0 aliphatic carbocycles. The Bertz CT molecular complexity index is 378. The molecule has 0 unspecified atom stereocenters. The average Bonchev–Trinajstić information content (AvgIpc) is 2.50. The molecule has 0 aliphatic rings. The first-order valence-electron chi connectivity index (χ1n) is 12.7. The van der Waals surface area contributed by atoms with Gasteiger partial charge in [-0.05, 0) is 83.1 Å². The van der Waals surface area contributed by atoms with E-state index in [0.717, 1.165) is 24.9 Å².